The van der Waals surface area contributed by atoms with Crippen LogP contribution in [0.5, 0.6) is 5.75 Å². The molecule has 0 saturated heterocycles. The monoisotopic (exact) mass is 446 g/mol. The Labute approximate surface area is 169 Å². The summed E-state index contributed by atoms with van der Waals surface area (Å²) in [5, 5.41) is 3.45. The summed E-state index contributed by atoms with van der Waals surface area (Å²) in [6.45, 7) is 3.16. The molecule has 0 radical (unpaired) electrons. The maximum absolute atomic E-state index is 13.0. The molecule has 0 bridgehead atoms. The van der Waals surface area contributed by atoms with Gasteiger partial charge in [-0.25, -0.2) is 13.1 Å². The molecule has 2 aromatic heterocycles. The molecule has 6 nitrogen and oxygen atoms in total. The number of para-hydroxylation sites is 1. The largest absolute Gasteiger partial charge is 0.496 e. The zero-order valence-corrected chi connectivity index (χ0v) is 17.3. The summed E-state index contributed by atoms with van der Waals surface area (Å²) in [6.07, 6.45) is -4.72. The molecule has 1 aromatic carbocycles. The van der Waals surface area contributed by atoms with Gasteiger partial charge >= 0.3 is 6.18 Å². The summed E-state index contributed by atoms with van der Waals surface area (Å²) in [4.78, 5) is 0.834. The molecular weight excluding hydrogens is 429 g/mol. The van der Waals surface area contributed by atoms with Gasteiger partial charge in [-0.2, -0.15) is 13.2 Å². The van der Waals surface area contributed by atoms with Crippen LogP contribution in [0.2, 0.25) is 0 Å². The van der Waals surface area contributed by atoms with E-state index in [0.29, 0.717) is 27.1 Å². The second-order valence-electron chi connectivity index (χ2n) is 6.13. The number of nitrogens with zero attached hydrogens (tertiary/aromatic N) is 1. The van der Waals surface area contributed by atoms with Crippen molar-refractivity contribution in [2.75, 3.05) is 7.11 Å². The van der Waals surface area contributed by atoms with E-state index >= 15 is 0 Å². The number of halogens is 3. The second kappa shape index (κ2) is 7.81. The lowest BCUT2D eigenvalue weighted by atomic mass is 10.1. The van der Waals surface area contributed by atoms with E-state index in [1.54, 1.807) is 38.1 Å². The summed E-state index contributed by atoms with van der Waals surface area (Å²) in [6, 6.07) is 7.60. The summed E-state index contributed by atoms with van der Waals surface area (Å²) < 4.78 is 76.7. The number of methoxy groups -OCH3 is 1. The SMILES string of the molecule is COc1ccccc1CNS(=O)(=O)c1c(C)sc(C)c1-c1cc(C(F)(F)F)on1. The van der Waals surface area contributed by atoms with Crippen molar-refractivity contribution in [2.24, 2.45) is 0 Å². The quantitative estimate of drug-likeness (QED) is 0.602. The molecular formula is C18H17F3N2O4S2. The van der Waals surface area contributed by atoms with Crippen LogP contribution in [-0.4, -0.2) is 20.7 Å². The molecule has 3 aromatic rings. The van der Waals surface area contributed by atoms with Gasteiger partial charge in [0.2, 0.25) is 15.8 Å². The predicted octanol–water partition coefficient (Wildman–Crippen LogP) is 4.53. The highest BCUT2D eigenvalue weighted by molar-refractivity contribution is 7.89. The van der Waals surface area contributed by atoms with Crippen molar-refractivity contribution < 1.29 is 30.8 Å². The Morgan fingerprint density at radius 2 is 1.90 bits per heavy atom. The van der Waals surface area contributed by atoms with E-state index in [2.05, 4.69) is 14.4 Å². The highest BCUT2D eigenvalue weighted by Gasteiger charge is 2.37. The Bertz CT molecular complexity index is 1130. The first kappa shape index (κ1) is 21.3. The number of hydrogen-bond acceptors (Lipinski definition) is 6. The molecule has 0 aliphatic heterocycles. The second-order valence-corrected chi connectivity index (χ2v) is 9.26. The first-order valence-corrected chi connectivity index (χ1v) is 10.6. The van der Waals surface area contributed by atoms with Crippen molar-refractivity contribution in [3.05, 3.63) is 51.4 Å². The topological polar surface area (TPSA) is 81.4 Å². The fourth-order valence-corrected chi connectivity index (χ4v) is 5.78. The number of nitrogens with one attached hydrogen (secondary N) is 1. The summed E-state index contributed by atoms with van der Waals surface area (Å²) in [7, 11) is -2.58. The third-order valence-electron chi connectivity index (χ3n) is 4.16. The zero-order chi connectivity index (χ0) is 21.4. The molecule has 0 atom stereocenters. The average Bonchev–Trinajstić information content (AvgIpc) is 3.24. The number of alkyl halides is 3. The number of thiophene rings is 1. The van der Waals surface area contributed by atoms with Gasteiger partial charge in [0.1, 0.15) is 16.3 Å². The molecule has 0 saturated carbocycles. The van der Waals surface area contributed by atoms with E-state index in [4.69, 9.17) is 4.74 Å². The van der Waals surface area contributed by atoms with Gasteiger partial charge in [-0.1, -0.05) is 23.4 Å². The predicted molar refractivity (Wildman–Crippen MR) is 101 cm³/mol. The summed E-state index contributed by atoms with van der Waals surface area (Å²) in [5.74, 6) is -0.777. The van der Waals surface area contributed by atoms with Crippen molar-refractivity contribution in [3.8, 4) is 17.0 Å². The van der Waals surface area contributed by atoms with E-state index in [0.717, 1.165) is 11.3 Å². The van der Waals surface area contributed by atoms with Crippen molar-refractivity contribution in [3.63, 3.8) is 0 Å². The molecule has 0 aliphatic rings. The molecule has 0 spiro atoms. The Balaban J connectivity index is 1.99. The third kappa shape index (κ3) is 4.31. The van der Waals surface area contributed by atoms with Gasteiger partial charge in [0.05, 0.1) is 7.11 Å². The molecule has 0 unspecified atom stereocenters. The van der Waals surface area contributed by atoms with Crippen LogP contribution >= 0.6 is 11.3 Å². The molecule has 3 rings (SSSR count). The van der Waals surface area contributed by atoms with E-state index in [-0.39, 0.29) is 22.7 Å². The number of sulfonamides is 1. The maximum atomic E-state index is 13.0. The van der Waals surface area contributed by atoms with E-state index < -0.39 is 22.0 Å². The Morgan fingerprint density at radius 1 is 1.21 bits per heavy atom. The smallest absolute Gasteiger partial charge is 0.452 e. The fraction of sp³-hybridized carbons (Fsp3) is 0.278. The van der Waals surface area contributed by atoms with Gasteiger partial charge < -0.3 is 9.26 Å². The maximum Gasteiger partial charge on any atom is 0.452 e. The van der Waals surface area contributed by atoms with Gasteiger partial charge in [-0.15, -0.1) is 11.3 Å². The molecule has 0 aliphatic carbocycles. The number of hydrogen-bond donors (Lipinski definition) is 1. The molecule has 11 heteroatoms. The van der Waals surface area contributed by atoms with Crippen LogP contribution in [0.3, 0.4) is 0 Å². The van der Waals surface area contributed by atoms with Crippen LogP contribution in [0, 0.1) is 13.8 Å². The van der Waals surface area contributed by atoms with E-state index in [1.165, 1.54) is 7.11 Å². The van der Waals surface area contributed by atoms with Crippen molar-refractivity contribution >= 4 is 21.4 Å². The lowest BCUT2D eigenvalue weighted by Gasteiger charge is -2.11. The van der Waals surface area contributed by atoms with Crippen molar-refractivity contribution in [1.29, 1.82) is 0 Å². The van der Waals surface area contributed by atoms with Gasteiger partial charge in [-0.3, -0.25) is 0 Å². The van der Waals surface area contributed by atoms with Gasteiger partial charge in [0, 0.05) is 33.5 Å². The highest BCUT2D eigenvalue weighted by Crippen LogP contribution is 2.40. The summed E-state index contributed by atoms with van der Waals surface area (Å²) in [5.41, 5.74) is 0.529. The number of aromatic nitrogens is 1. The van der Waals surface area contributed by atoms with Gasteiger partial charge in [-0.05, 0) is 19.9 Å². The minimum absolute atomic E-state index is 0.0489. The summed E-state index contributed by atoms with van der Waals surface area (Å²) >= 11 is 1.16. The number of ether oxygens (including phenoxy) is 1. The van der Waals surface area contributed by atoms with Crippen molar-refractivity contribution in [2.45, 2.75) is 31.5 Å². The third-order valence-corrected chi connectivity index (χ3v) is 6.89. The van der Waals surface area contributed by atoms with Crippen LogP contribution in [0.15, 0.2) is 39.8 Å². The first-order chi connectivity index (χ1) is 13.5. The van der Waals surface area contributed by atoms with Crippen LogP contribution in [-0.2, 0) is 22.7 Å². The van der Waals surface area contributed by atoms with E-state index in [1.807, 2.05) is 0 Å². The van der Waals surface area contributed by atoms with Crippen LogP contribution < -0.4 is 9.46 Å². The molecule has 156 valence electrons. The normalized spacial score (nSPS) is 12.3. The average molecular weight is 446 g/mol. The highest BCUT2D eigenvalue weighted by atomic mass is 32.2. The lowest BCUT2D eigenvalue weighted by molar-refractivity contribution is -0.155. The van der Waals surface area contributed by atoms with Gasteiger partial charge in [0.15, 0.2) is 0 Å². The minimum Gasteiger partial charge on any atom is -0.496 e. The van der Waals surface area contributed by atoms with Crippen LogP contribution in [0.4, 0.5) is 13.2 Å². The number of benzene rings is 1. The van der Waals surface area contributed by atoms with Gasteiger partial charge in [0.25, 0.3) is 0 Å². The molecule has 2 heterocycles. The minimum atomic E-state index is -4.72. The van der Waals surface area contributed by atoms with E-state index in [9.17, 15) is 21.6 Å². The lowest BCUT2D eigenvalue weighted by Crippen LogP contribution is -2.24. The Kier molecular flexibility index (Phi) is 5.74. The number of rotatable bonds is 6. The molecule has 0 fully saturated rings. The zero-order valence-electron chi connectivity index (χ0n) is 15.6. The molecule has 29 heavy (non-hydrogen) atoms. The first-order valence-electron chi connectivity index (χ1n) is 8.30. The number of aryl methyl sites for hydroxylation is 2. The van der Waals surface area contributed by atoms with Crippen LogP contribution in [0.25, 0.3) is 11.3 Å². The molecule has 0 amide bonds. The van der Waals surface area contributed by atoms with Crippen LogP contribution in [0.1, 0.15) is 21.1 Å². The Hall–Kier alpha value is -2.37. The Morgan fingerprint density at radius 3 is 2.52 bits per heavy atom. The van der Waals surface area contributed by atoms with Crippen molar-refractivity contribution in [1.82, 2.24) is 9.88 Å². The fourth-order valence-electron chi connectivity index (χ4n) is 2.90. The standard InChI is InChI=1S/C18H17F3N2O4S2/c1-10-16(13-8-15(27-23-13)18(19,20)21)17(11(2)28-10)29(24,25)22-9-12-6-4-5-7-14(12)26-3/h4-8,22H,9H2,1-3H3. The molecule has 1 N–H and O–H groups in total.